The van der Waals surface area contributed by atoms with Crippen LogP contribution < -0.4 is 5.32 Å². The molecule has 0 spiro atoms. The monoisotopic (exact) mass is 252 g/mol. The number of fused-ring (bicyclic) bond motifs is 1. The van der Waals surface area contributed by atoms with Gasteiger partial charge in [-0.25, -0.2) is 4.79 Å². The standard InChI is InChI=1S/C11H12N2O3S/c1-13-4-6-7(8(13)11(15)16)12-10(14)9(17-6)5-2-3-5/h4-5,9H,2-3H2,1H3,(H,12,14)(H,15,16). The van der Waals surface area contributed by atoms with Crippen LogP contribution in [-0.2, 0) is 11.8 Å². The lowest BCUT2D eigenvalue weighted by Gasteiger charge is -2.21. The molecule has 90 valence electrons. The summed E-state index contributed by atoms with van der Waals surface area (Å²) in [6, 6.07) is 0. The lowest BCUT2D eigenvalue weighted by Crippen LogP contribution is -2.30. The second kappa shape index (κ2) is 3.53. The van der Waals surface area contributed by atoms with Crippen LogP contribution in [0.15, 0.2) is 11.1 Å². The molecular formula is C11H12N2O3S. The van der Waals surface area contributed by atoms with Crippen molar-refractivity contribution >= 4 is 29.3 Å². The lowest BCUT2D eigenvalue weighted by molar-refractivity contribution is -0.116. The number of nitrogens with one attached hydrogen (secondary N) is 1. The van der Waals surface area contributed by atoms with Gasteiger partial charge in [0.15, 0.2) is 5.69 Å². The number of thioether (sulfide) groups is 1. The first-order valence-corrected chi connectivity index (χ1v) is 6.36. The smallest absolute Gasteiger partial charge is 0.354 e. The molecule has 1 aliphatic carbocycles. The van der Waals surface area contributed by atoms with Gasteiger partial charge >= 0.3 is 5.97 Å². The van der Waals surface area contributed by atoms with Gasteiger partial charge in [0.25, 0.3) is 0 Å². The van der Waals surface area contributed by atoms with Gasteiger partial charge in [-0.15, -0.1) is 11.8 Å². The summed E-state index contributed by atoms with van der Waals surface area (Å²) < 4.78 is 1.55. The Hall–Kier alpha value is -1.43. The second-order valence-electron chi connectivity index (χ2n) is 4.50. The lowest BCUT2D eigenvalue weighted by atomic mass is 10.2. The number of carboxylic acid groups (broad SMARTS) is 1. The highest BCUT2D eigenvalue weighted by molar-refractivity contribution is 8.01. The average Bonchev–Trinajstić information content (AvgIpc) is 3.01. The van der Waals surface area contributed by atoms with Crippen molar-refractivity contribution in [3.8, 4) is 0 Å². The largest absolute Gasteiger partial charge is 0.477 e. The molecule has 2 heterocycles. The number of aryl methyl sites for hydroxylation is 1. The maximum atomic E-state index is 11.9. The summed E-state index contributed by atoms with van der Waals surface area (Å²) in [6.07, 6.45) is 3.97. The van der Waals surface area contributed by atoms with Crippen molar-refractivity contribution in [1.82, 2.24) is 4.57 Å². The highest BCUT2D eigenvalue weighted by Crippen LogP contribution is 2.47. The Morgan fingerprint density at radius 1 is 1.59 bits per heavy atom. The summed E-state index contributed by atoms with van der Waals surface area (Å²) in [7, 11) is 1.68. The summed E-state index contributed by atoms with van der Waals surface area (Å²) in [5, 5.41) is 11.8. The minimum Gasteiger partial charge on any atom is -0.477 e. The minimum atomic E-state index is -1.01. The maximum Gasteiger partial charge on any atom is 0.354 e. The van der Waals surface area contributed by atoms with Gasteiger partial charge in [-0.05, 0) is 18.8 Å². The van der Waals surface area contributed by atoms with Crippen molar-refractivity contribution in [1.29, 1.82) is 0 Å². The van der Waals surface area contributed by atoms with Crippen LogP contribution in [0.4, 0.5) is 5.69 Å². The fourth-order valence-corrected chi connectivity index (χ4v) is 3.55. The molecule has 0 radical (unpaired) electrons. The van der Waals surface area contributed by atoms with E-state index in [2.05, 4.69) is 5.32 Å². The van der Waals surface area contributed by atoms with Gasteiger partial charge in [0.2, 0.25) is 5.91 Å². The number of hydrogen-bond acceptors (Lipinski definition) is 3. The molecule has 2 N–H and O–H groups in total. The van der Waals surface area contributed by atoms with Crippen molar-refractivity contribution in [3.63, 3.8) is 0 Å². The number of hydrogen-bond donors (Lipinski definition) is 2. The van der Waals surface area contributed by atoms with Crippen LogP contribution in [0, 0.1) is 5.92 Å². The Morgan fingerprint density at radius 2 is 2.29 bits per heavy atom. The molecule has 5 nitrogen and oxygen atoms in total. The van der Waals surface area contributed by atoms with Gasteiger partial charge in [-0.1, -0.05) is 0 Å². The summed E-state index contributed by atoms with van der Waals surface area (Å²) in [6.45, 7) is 0. The molecule has 1 saturated carbocycles. The van der Waals surface area contributed by atoms with Crippen LogP contribution in [0.2, 0.25) is 0 Å². The van der Waals surface area contributed by atoms with Crippen LogP contribution in [0.3, 0.4) is 0 Å². The number of carboxylic acids is 1. The predicted octanol–water partition coefficient (Wildman–Crippen LogP) is 1.55. The van der Waals surface area contributed by atoms with Gasteiger partial charge in [0, 0.05) is 13.2 Å². The zero-order chi connectivity index (χ0) is 12.2. The molecule has 1 atom stereocenters. The molecule has 1 aromatic rings. The van der Waals surface area contributed by atoms with Crippen molar-refractivity contribution in [2.24, 2.45) is 13.0 Å². The molecular weight excluding hydrogens is 240 g/mol. The van der Waals surface area contributed by atoms with Crippen LogP contribution >= 0.6 is 11.8 Å². The van der Waals surface area contributed by atoms with E-state index in [1.54, 1.807) is 17.8 Å². The topological polar surface area (TPSA) is 71.3 Å². The Labute approximate surface area is 102 Å². The van der Waals surface area contributed by atoms with Crippen molar-refractivity contribution in [2.75, 3.05) is 5.32 Å². The maximum absolute atomic E-state index is 11.9. The second-order valence-corrected chi connectivity index (χ2v) is 5.68. The minimum absolute atomic E-state index is 0.0495. The van der Waals surface area contributed by atoms with E-state index in [4.69, 9.17) is 5.11 Å². The van der Waals surface area contributed by atoms with Gasteiger partial charge in [-0.3, -0.25) is 4.79 Å². The molecule has 0 aromatic carbocycles. The van der Waals surface area contributed by atoms with Crippen molar-refractivity contribution < 1.29 is 14.7 Å². The summed E-state index contributed by atoms with van der Waals surface area (Å²) in [4.78, 5) is 23.9. The number of carbonyl (C=O) groups is 2. The molecule has 1 amide bonds. The zero-order valence-corrected chi connectivity index (χ0v) is 10.1. The van der Waals surface area contributed by atoms with E-state index in [0.717, 1.165) is 17.7 Å². The quantitative estimate of drug-likeness (QED) is 0.837. The first kappa shape index (κ1) is 10.7. The van der Waals surface area contributed by atoms with E-state index >= 15 is 0 Å². The van der Waals surface area contributed by atoms with E-state index < -0.39 is 5.97 Å². The Bertz CT molecular complexity index is 519. The fourth-order valence-electron chi connectivity index (χ4n) is 2.16. The Kier molecular flexibility index (Phi) is 2.22. The van der Waals surface area contributed by atoms with E-state index in [1.165, 1.54) is 11.8 Å². The van der Waals surface area contributed by atoms with E-state index in [1.807, 2.05) is 0 Å². The van der Waals surface area contributed by atoms with Crippen LogP contribution in [-0.4, -0.2) is 26.8 Å². The molecule has 1 fully saturated rings. The molecule has 6 heteroatoms. The van der Waals surface area contributed by atoms with Crippen molar-refractivity contribution in [2.45, 2.75) is 23.0 Å². The molecule has 3 rings (SSSR count). The SMILES string of the molecule is Cn1cc2c(c1C(=O)O)NC(=O)C(C1CC1)S2. The number of aromatic nitrogens is 1. The number of aromatic carboxylic acids is 1. The number of anilines is 1. The van der Waals surface area contributed by atoms with E-state index in [9.17, 15) is 9.59 Å². The van der Waals surface area contributed by atoms with Crippen LogP contribution in [0.5, 0.6) is 0 Å². The molecule has 1 unspecified atom stereocenters. The van der Waals surface area contributed by atoms with E-state index in [-0.39, 0.29) is 16.9 Å². The van der Waals surface area contributed by atoms with E-state index in [0.29, 0.717) is 11.6 Å². The fraction of sp³-hybridized carbons (Fsp3) is 0.455. The summed E-state index contributed by atoms with van der Waals surface area (Å²) >= 11 is 1.49. The van der Waals surface area contributed by atoms with Gasteiger partial charge in [0.05, 0.1) is 15.8 Å². The molecule has 0 bridgehead atoms. The van der Waals surface area contributed by atoms with Crippen molar-refractivity contribution in [3.05, 3.63) is 11.9 Å². The summed E-state index contributed by atoms with van der Waals surface area (Å²) in [5.74, 6) is -0.611. The first-order valence-electron chi connectivity index (χ1n) is 5.48. The third-order valence-corrected chi connectivity index (χ3v) is 4.58. The normalized spacial score (nSPS) is 23.1. The number of rotatable bonds is 2. The highest BCUT2D eigenvalue weighted by Gasteiger charge is 2.41. The Balaban J connectivity index is 2.01. The average molecular weight is 252 g/mol. The van der Waals surface area contributed by atoms with Gasteiger partial charge < -0.3 is 15.0 Å². The Morgan fingerprint density at radius 3 is 2.88 bits per heavy atom. The van der Waals surface area contributed by atoms with Crippen LogP contribution in [0.1, 0.15) is 23.3 Å². The predicted molar refractivity (Wildman–Crippen MR) is 63.4 cm³/mol. The van der Waals surface area contributed by atoms with Crippen LogP contribution in [0.25, 0.3) is 0 Å². The molecule has 0 saturated heterocycles. The summed E-state index contributed by atoms with van der Waals surface area (Å²) in [5.41, 5.74) is 0.599. The highest BCUT2D eigenvalue weighted by atomic mass is 32.2. The third kappa shape index (κ3) is 1.63. The number of carbonyl (C=O) groups excluding carboxylic acids is 1. The molecule has 1 aliphatic heterocycles. The number of amides is 1. The molecule has 17 heavy (non-hydrogen) atoms. The van der Waals surface area contributed by atoms with Gasteiger partial charge in [-0.2, -0.15) is 0 Å². The molecule has 1 aromatic heterocycles. The molecule has 2 aliphatic rings. The first-order chi connectivity index (χ1) is 8.08. The van der Waals surface area contributed by atoms with Gasteiger partial charge in [0.1, 0.15) is 0 Å². The zero-order valence-electron chi connectivity index (χ0n) is 9.27. The number of nitrogens with zero attached hydrogens (tertiary/aromatic N) is 1. The third-order valence-electron chi connectivity index (χ3n) is 3.16.